The molecule has 1 aromatic heterocycles. The zero-order chi connectivity index (χ0) is 12.3. The van der Waals surface area contributed by atoms with Gasteiger partial charge in [-0.15, -0.1) is 11.3 Å². The number of nitriles is 1. The van der Waals surface area contributed by atoms with Gasteiger partial charge in [-0.25, -0.2) is 4.98 Å². The smallest absolute Gasteiger partial charge is 0.101 e. The summed E-state index contributed by atoms with van der Waals surface area (Å²) >= 11 is 1.59. The summed E-state index contributed by atoms with van der Waals surface area (Å²) in [5.74, 6) is 0. The van der Waals surface area contributed by atoms with E-state index in [9.17, 15) is 0 Å². The van der Waals surface area contributed by atoms with Crippen molar-refractivity contribution >= 4 is 17.0 Å². The van der Waals surface area contributed by atoms with Crippen molar-refractivity contribution in [3.8, 4) is 6.07 Å². The number of aryl methyl sites for hydroxylation is 1. The largest absolute Gasteiger partial charge is 0.368 e. The molecule has 0 atom stereocenters. The molecule has 1 aromatic carbocycles. The van der Waals surface area contributed by atoms with Crippen molar-refractivity contribution in [2.45, 2.75) is 13.5 Å². The lowest BCUT2D eigenvalue weighted by atomic mass is 10.1. The minimum Gasteiger partial charge on any atom is -0.368 e. The Morgan fingerprint density at radius 2 is 2.29 bits per heavy atom. The van der Waals surface area contributed by atoms with Gasteiger partial charge in [-0.1, -0.05) is 6.07 Å². The molecule has 0 radical (unpaired) electrons. The molecule has 0 saturated heterocycles. The summed E-state index contributed by atoms with van der Waals surface area (Å²) in [7, 11) is 1.98. The van der Waals surface area contributed by atoms with Crippen molar-refractivity contribution < 1.29 is 0 Å². The molecule has 0 N–H and O–H groups in total. The zero-order valence-corrected chi connectivity index (χ0v) is 10.7. The third-order valence-corrected chi connectivity index (χ3v) is 3.20. The van der Waals surface area contributed by atoms with Crippen LogP contribution in [0.25, 0.3) is 0 Å². The summed E-state index contributed by atoms with van der Waals surface area (Å²) in [6.07, 6.45) is 0. The highest BCUT2D eigenvalue weighted by molar-refractivity contribution is 7.07. The Morgan fingerprint density at radius 1 is 1.47 bits per heavy atom. The number of hydrogen-bond acceptors (Lipinski definition) is 4. The van der Waals surface area contributed by atoms with E-state index in [4.69, 9.17) is 5.26 Å². The summed E-state index contributed by atoms with van der Waals surface area (Å²) in [5.41, 5.74) is 5.62. The van der Waals surface area contributed by atoms with Crippen LogP contribution in [0.15, 0.2) is 29.1 Å². The number of anilines is 1. The lowest BCUT2D eigenvalue weighted by Gasteiger charge is -2.19. The molecule has 0 aliphatic carbocycles. The summed E-state index contributed by atoms with van der Waals surface area (Å²) in [4.78, 5) is 6.30. The highest BCUT2D eigenvalue weighted by Crippen LogP contribution is 2.21. The van der Waals surface area contributed by atoms with E-state index < -0.39 is 0 Å². The first-order chi connectivity index (χ1) is 8.20. The number of benzene rings is 1. The number of thiazole rings is 1. The maximum absolute atomic E-state index is 9.13. The first-order valence-corrected chi connectivity index (χ1v) is 6.24. The molecule has 0 aliphatic heterocycles. The third kappa shape index (κ3) is 2.63. The average molecular weight is 243 g/mol. The zero-order valence-electron chi connectivity index (χ0n) is 9.84. The highest BCUT2D eigenvalue weighted by Gasteiger charge is 2.08. The fourth-order valence-electron chi connectivity index (χ4n) is 1.72. The Kier molecular flexibility index (Phi) is 3.40. The molecular weight excluding hydrogens is 230 g/mol. The molecule has 17 heavy (non-hydrogen) atoms. The number of aromatic nitrogens is 1. The second-order valence-electron chi connectivity index (χ2n) is 3.97. The minimum atomic E-state index is 0.711. The molecule has 0 unspecified atom stereocenters. The first-order valence-electron chi connectivity index (χ1n) is 5.29. The molecule has 0 fully saturated rings. The van der Waals surface area contributed by atoms with Gasteiger partial charge in [-0.05, 0) is 24.6 Å². The Labute approximate surface area is 105 Å². The van der Waals surface area contributed by atoms with Crippen LogP contribution < -0.4 is 4.90 Å². The van der Waals surface area contributed by atoms with Gasteiger partial charge in [0.25, 0.3) is 0 Å². The molecular formula is C13H13N3S. The molecule has 0 saturated carbocycles. The molecule has 1 heterocycles. The Hall–Kier alpha value is -1.86. The fraction of sp³-hybridized carbons (Fsp3) is 0.231. The van der Waals surface area contributed by atoms with E-state index in [0.29, 0.717) is 5.56 Å². The van der Waals surface area contributed by atoms with Crippen molar-refractivity contribution in [3.63, 3.8) is 0 Å². The number of nitrogens with zero attached hydrogens (tertiary/aromatic N) is 3. The van der Waals surface area contributed by atoms with Crippen molar-refractivity contribution in [2.24, 2.45) is 0 Å². The van der Waals surface area contributed by atoms with E-state index in [-0.39, 0.29) is 0 Å². The lowest BCUT2D eigenvalue weighted by molar-refractivity contribution is 0.892. The SMILES string of the molecule is Cc1ccc(N(C)Cc2cscn2)c(C#N)c1. The Morgan fingerprint density at radius 3 is 2.94 bits per heavy atom. The van der Waals surface area contributed by atoms with Crippen LogP contribution in [0, 0.1) is 18.3 Å². The van der Waals surface area contributed by atoms with E-state index in [1.807, 2.05) is 48.0 Å². The van der Waals surface area contributed by atoms with Crippen LogP contribution in [-0.4, -0.2) is 12.0 Å². The van der Waals surface area contributed by atoms with Crippen LogP contribution in [-0.2, 0) is 6.54 Å². The van der Waals surface area contributed by atoms with Crippen molar-refractivity contribution in [1.82, 2.24) is 4.98 Å². The van der Waals surface area contributed by atoms with E-state index in [0.717, 1.165) is 23.5 Å². The van der Waals surface area contributed by atoms with Crippen LogP contribution in [0.5, 0.6) is 0 Å². The second-order valence-corrected chi connectivity index (χ2v) is 4.69. The van der Waals surface area contributed by atoms with Crippen LogP contribution in [0.4, 0.5) is 5.69 Å². The molecule has 2 rings (SSSR count). The summed E-state index contributed by atoms with van der Waals surface area (Å²) < 4.78 is 0. The number of hydrogen-bond donors (Lipinski definition) is 0. The van der Waals surface area contributed by atoms with Gasteiger partial charge in [0.15, 0.2) is 0 Å². The third-order valence-electron chi connectivity index (χ3n) is 2.57. The molecule has 0 spiro atoms. The van der Waals surface area contributed by atoms with Crippen LogP contribution in [0.1, 0.15) is 16.8 Å². The van der Waals surface area contributed by atoms with Crippen molar-refractivity contribution in [1.29, 1.82) is 5.26 Å². The molecule has 4 heteroatoms. The Bertz CT molecular complexity index is 540. The van der Waals surface area contributed by atoms with Crippen LogP contribution in [0.3, 0.4) is 0 Å². The summed E-state index contributed by atoms with van der Waals surface area (Å²) in [6.45, 7) is 2.71. The Balaban J connectivity index is 2.25. The predicted octanol–water partition coefficient (Wildman–Crippen LogP) is 2.96. The molecule has 86 valence electrons. The van der Waals surface area contributed by atoms with Crippen LogP contribution >= 0.6 is 11.3 Å². The molecule has 3 nitrogen and oxygen atoms in total. The first kappa shape index (κ1) is 11.6. The van der Waals surface area contributed by atoms with E-state index in [1.54, 1.807) is 11.3 Å². The maximum atomic E-state index is 9.13. The van der Waals surface area contributed by atoms with E-state index in [1.165, 1.54) is 0 Å². The standard InChI is InChI=1S/C13H13N3S/c1-10-3-4-13(11(5-10)6-14)16(2)7-12-8-17-9-15-12/h3-5,8-9H,7H2,1-2H3. The molecule has 0 amide bonds. The quantitative estimate of drug-likeness (QED) is 0.832. The highest BCUT2D eigenvalue weighted by atomic mass is 32.1. The van der Waals surface area contributed by atoms with Crippen molar-refractivity contribution in [2.75, 3.05) is 11.9 Å². The molecule has 0 bridgehead atoms. The summed E-state index contributed by atoms with van der Waals surface area (Å²) in [6, 6.07) is 8.15. The monoisotopic (exact) mass is 243 g/mol. The lowest BCUT2D eigenvalue weighted by Crippen LogP contribution is -2.17. The summed E-state index contributed by atoms with van der Waals surface area (Å²) in [5, 5.41) is 11.2. The average Bonchev–Trinajstić information content (AvgIpc) is 2.81. The van der Waals surface area contributed by atoms with Gasteiger partial charge in [0, 0.05) is 12.4 Å². The van der Waals surface area contributed by atoms with Gasteiger partial charge in [-0.2, -0.15) is 5.26 Å². The fourth-order valence-corrected chi connectivity index (χ4v) is 2.27. The molecule has 0 aliphatic rings. The minimum absolute atomic E-state index is 0.711. The van der Waals surface area contributed by atoms with E-state index >= 15 is 0 Å². The van der Waals surface area contributed by atoms with Crippen molar-refractivity contribution in [3.05, 3.63) is 45.9 Å². The predicted molar refractivity (Wildman–Crippen MR) is 70.1 cm³/mol. The van der Waals surface area contributed by atoms with Gasteiger partial charge in [-0.3, -0.25) is 0 Å². The van der Waals surface area contributed by atoms with Gasteiger partial charge >= 0.3 is 0 Å². The van der Waals surface area contributed by atoms with Gasteiger partial charge in [0.05, 0.1) is 29.0 Å². The van der Waals surface area contributed by atoms with Gasteiger partial charge < -0.3 is 4.90 Å². The topological polar surface area (TPSA) is 39.9 Å². The van der Waals surface area contributed by atoms with E-state index in [2.05, 4.69) is 11.1 Å². The second kappa shape index (κ2) is 4.98. The van der Waals surface area contributed by atoms with Gasteiger partial charge in [0.2, 0.25) is 0 Å². The number of rotatable bonds is 3. The molecule has 2 aromatic rings. The van der Waals surface area contributed by atoms with Crippen LogP contribution in [0.2, 0.25) is 0 Å². The maximum Gasteiger partial charge on any atom is 0.101 e. The van der Waals surface area contributed by atoms with Gasteiger partial charge in [0.1, 0.15) is 6.07 Å². The normalized spacial score (nSPS) is 9.94.